The topological polar surface area (TPSA) is 58.6 Å². The molecular weight excluding hydrogens is 242 g/mol. The highest BCUT2D eigenvalue weighted by Gasteiger charge is 2.23. The summed E-state index contributed by atoms with van der Waals surface area (Å²) in [6, 6.07) is 7.47. The van der Waals surface area contributed by atoms with Crippen LogP contribution in [0.15, 0.2) is 24.3 Å². The Bertz CT molecular complexity index is 433. The molecule has 2 atom stereocenters. The lowest BCUT2D eigenvalue weighted by Gasteiger charge is -2.13. The van der Waals surface area contributed by atoms with E-state index in [1.807, 2.05) is 24.3 Å². The number of aliphatic hydroxyl groups excluding tert-OH is 1. The highest BCUT2D eigenvalue weighted by Crippen LogP contribution is 2.24. The molecule has 1 saturated carbocycles. The Labute approximate surface area is 113 Å². The highest BCUT2D eigenvalue weighted by atomic mass is 16.5. The molecule has 1 aromatic rings. The van der Waals surface area contributed by atoms with Crippen molar-refractivity contribution in [1.29, 1.82) is 0 Å². The summed E-state index contributed by atoms with van der Waals surface area (Å²) in [5.41, 5.74) is 1.57. The molecule has 0 aromatic heterocycles. The van der Waals surface area contributed by atoms with Crippen molar-refractivity contribution in [3.8, 4) is 0 Å². The Balaban J connectivity index is 1.92. The molecule has 0 heterocycles. The summed E-state index contributed by atoms with van der Waals surface area (Å²) in [6.07, 6.45) is 2.43. The number of carbonyl (C=O) groups excluding carboxylic acids is 1. The van der Waals surface area contributed by atoms with Gasteiger partial charge in [0.25, 0.3) is 5.91 Å². The zero-order chi connectivity index (χ0) is 13.7. The third-order valence-electron chi connectivity index (χ3n) is 3.63. The number of ether oxygens (including phenoxy) is 1. The molecule has 0 bridgehead atoms. The van der Waals surface area contributed by atoms with Crippen LogP contribution in [-0.2, 0) is 11.3 Å². The predicted molar refractivity (Wildman–Crippen MR) is 72.8 cm³/mol. The fourth-order valence-electron chi connectivity index (χ4n) is 2.59. The lowest BCUT2D eigenvalue weighted by atomic mass is 10.1. The summed E-state index contributed by atoms with van der Waals surface area (Å²) in [6.45, 7) is 1.07. The first-order valence-corrected chi connectivity index (χ1v) is 6.73. The number of carbonyl (C=O) groups is 1. The van der Waals surface area contributed by atoms with Gasteiger partial charge in [0.2, 0.25) is 0 Å². The lowest BCUT2D eigenvalue weighted by molar-refractivity contribution is 0.0940. The van der Waals surface area contributed by atoms with E-state index >= 15 is 0 Å². The van der Waals surface area contributed by atoms with Crippen LogP contribution >= 0.6 is 0 Å². The zero-order valence-corrected chi connectivity index (χ0v) is 11.3. The fraction of sp³-hybridized carbons (Fsp3) is 0.533. The van der Waals surface area contributed by atoms with Crippen LogP contribution in [0.2, 0.25) is 0 Å². The molecule has 1 aliphatic rings. The Morgan fingerprint density at radius 1 is 1.42 bits per heavy atom. The number of hydrogen-bond acceptors (Lipinski definition) is 3. The van der Waals surface area contributed by atoms with E-state index in [1.165, 1.54) is 0 Å². The van der Waals surface area contributed by atoms with Crippen LogP contribution in [-0.4, -0.2) is 30.8 Å². The SMILES string of the molecule is COCc1ccccc1C(=O)NCC1CCC(O)C1. The maximum atomic E-state index is 12.1. The second-order valence-electron chi connectivity index (χ2n) is 5.13. The van der Waals surface area contributed by atoms with Gasteiger partial charge in [0.15, 0.2) is 0 Å². The molecule has 1 aliphatic carbocycles. The number of amides is 1. The molecular formula is C15H21NO3. The van der Waals surface area contributed by atoms with Crippen molar-refractivity contribution in [2.75, 3.05) is 13.7 Å². The normalized spacial score (nSPS) is 22.4. The predicted octanol–water partition coefficient (Wildman–Crippen LogP) is 1.72. The number of methoxy groups -OCH3 is 1. The number of aliphatic hydroxyl groups is 1. The Kier molecular flexibility index (Phi) is 4.93. The van der Waals surface area contributed by atoms with Gasteiger partial charge in [-0.2, -0.15) is 0 Å². The van der Waals surface area contributed by atoms with Crippen molar-refractivity contribution >= 4 is 5.91 Å². The van der Waals surface area contributed by atoms with Gasteiger partial charge in [0.1, 0.15) is 0 Å². The van der Waals surface area contributed by atoms with Gasteiger partial charge in [-0.15, -0.1) is 0 Å². The smallest absolute Gasteiger partial charge is 0.251 e. The highest BCUT2D eigenvalue weighted by molar-refractivity contribution is 5.95. The first kappa shape index (κ1) is 14.0. The first-order valence-electron chi connectivity index (χ1n) is 6.73. The molecule has 104 valence electrons. The summed E-state index contributed by atoms with van der Waals surface area (Å²) in [7, 11) is 1.62. The maximum absolute atomic E-state index is 12.1. The molecule has 2 unspecified atom stereocenters. The average Bonchev–Trinajstić information content (AvgIpc) is 2.83. The van der Waals surface area contributed by atoms with Gasteiger partial charge in [0, 0.05) is 19.2 Å². The van der Waals surface area contributed by atoms with Crippen molar-refractivity contribution in [2.24, 2.45) is 5.92 Å². The van der Waals surface area contributed by atoms with Crippen molar-refractivity contribution < 1.29 is 14.6 Å². The maximum Gasteiger partial charge on any atom is 0.251 e. The van der Waals surface area contributed by atoms with Crippen LogP contribution < -0.4 is 5.32 Å². The number of hydrogen-bond donors (Lipinski definition) is 2. The van der Waals surface area contributed by atoms with Gasteiger partial charge in [-0.1, -0.05) is 18.2 Å². The van der Waals surface area contributed by atoms with Gasteiger partial charge in [-0.25, -0.2) is 0 Å². The number of benzene rings is 1. The molecule has 1 amide bonds. The number of nitrogens with one attached hydrogen (secondary N) is 1. The summed E-state index contributed by atoms with van der Waals surface area (Å²) < 4.78 is 5.10. The number of rotatable bonds is 5. The second kappa shape index (κ2) is 6.68. The minimum Gasteiger partial charge on any atom is -0.393 e. The monoisotopic (exact) mass is 263 g/mol. The molecule has 1 aromatic carbocycles. The zero-order valence-electron chi connectivity index (χ0n) is 11.3. The van der Waals surface area contributed by atoms with Crippen LogP contribution in [0.5, 0.6) is 0 Å². The van der Waals surface area contributed by atoms with Gasteiger partial charge in [-0.3, -0.25) is 4.79 Å². The van der Waals surface area contributed by atoms with Crippen LogP contribution in [0.3, 0.4) is 0 Å². The Hall–Kier alpha value is -1.39. The summed E-state index contributed by atoms with van der Waals surface area (Å²) >= 11 is 0. The van der Waals surface area contributed by atoms with Crippen molar-refractivity contribution in [3.63, 3.8) is 0 Å². The van der Waals surface area contributed by atoms with E-state index < -0.39 is 0 Å². The lowest BCUT2D eigenvalue weighted by Crippen LogP contribution is -2.29. The minimum atomic E-state index is -0.192. The summed E-state index contributed by atoms with van der Waals surface area (Å²) in [4.78, 5) is 12.1. The van der Waals surface area contributed by atoms with E-state index in [0.717, 1.165) is 24.8 Å². The molecule has 0 spiro atoms. The first-order chi connectivity index (χ1) is 9.20. The van der Waals surface area contributed by atoms with E-state index in [-0.39, 0.29) is 12.0 Å². The van der Waals surface area contributed by atoms with Gasteiger partial charge >= 0.3 is 0 Å². The van der Waals surface area contributed by atoms with Crippen molar-refractivity contribution in [1.82, 2.24) is 5.32 Å². The molecule has 0 radical (unpaired) electrons. The van der Waals surface area contributed by atoms with Crippen molar-refractivity contribution in [2.45, 2.75) is 32.0 Å². The minimum absolute atomic E-state index is 0.0611. The second-order valence-corrected chi connectivity index (χ2v) is 5.13. The van der Waals surface area contributed by atoms with Crippen LogP contribution in [0.4, 0.5) is 0 Å². The van der Waals surface area contributed by atoms with Gasteiger partial charge in [-0.05, 0) is 36.8 Å². The molecule has 4 nitrogen and oxygen atoms in total. The Morgan fingerprint density at radius 2 is 2.21 bits per heavy atom. The summed E-state index contributed by atoms with van der Waals surface area (Å²) in [5.74, 6) is 0.336. The van der Waals surface area contributed by atoms with Gasteiger partial charge in [0.05, 0.1) is 12.7 Å². The largest absolute Gasteiger partial charge is 0.393 e. The quantitative estimate of drug-likeness (QED) is 0.850. The molecule has 4 heteroatoms. The molecule has 2 N–H and O–H groups in total. The van der Waals surface area contributed by atoms with E-state index in [0.29, 0.717) is 24.6 Å². The van der Waals surface area contributed by atoms with Crippen LogP contribution in [0.1, 0.15) is 35.2 Å². The third kappa shape index (κ3) is 3.78. The van der Waals surface area contributed by atoms with E-state index in [2.05, 4.69) is 5.32 Å². The van der Waals surface area contributed by atoms with E-state index in [9.17, 15) is 9.90 Å². The van der Waals surface area contributed by atoms with Crippen molar-refractivity contribution in [3.05, 3.63) is 35.4 Å². The Morgan fingerprint density at radius 3 is 2.89 bits per heavy atom. The molecule has 0 aliphatic heterocycles. The van der Waals surface area contributed by atoms with E-state index in [4.69, 9.17) is 4.74 Å². The molecule has 1 fully saturated rings. The van der Waals surface area contributed by atoms with E-state index in [1.54, 1.807) is 7.11 Å². The molecule has 19 heavy (non-hydrogen) atoms. The molecule has 0 saturated heterocycles. The average molecular weight is 263 g/mol. The summed E-state index contributed by atoms with van der Waals surface area (Å²) in [5, 5.41) is 12.4. The van der Waals surface area contributed by atoms with Crippen LogP contribution in [0, 0.1) is 5.92 Å². The van der Waals surface area contributed by atoms with Crippen LogP contribution in [0.25, 0.3) is 0 Å². The van der Waals surface area contributed by atoms with Gasteiger partial charge < -0.3 is 15.2 Å². The standard InChI is InChI=1S/C15H21NO3/c1-19-10-12-4-2-3-5-14(12)15(18)16-9-11-6-7-13(17)8-11/h2-5,11,13,17H,6-10H2,1H3,(H,16,18). The molecule has 2 rings (SSSR count). The third-order valence-corrected chi connectivity index (χ3v) is 3.63. The fourth-order valence-corrected chi connectivity index (χ4v) is 2.59.